The fraction of sp³-hybridized carbons (Fsp3) is 0.182. The molecule has 6 nitrogen and oxygen atoms in total. The molecule has 0 aliphatic carbocycles. The van der Waals surface area contributed by atoms with Crippen LogP contribution >= 0.6 is 0 Å². The van der Waals surface area contributed by atoms with Crippen LogP contribution in [0.4, 0.5) is 5.69 Å². The highest BCUT2D eigenvalue weighted by Crippen LogP contribution is 2.19. The second-order valence-corrected chi connectivity index (χ2v) is 3.13. The summed E-state index contributed by atoms with van der Waals surface area (Å²) in [4.78, 5) is 20.2. The monoisotopic (exact) mass is 235 g/mol. The van der Waals surface area contributed by atoms with E-state index in [1.165, 1.54) is 18.2 Å². The number of aliphatic carboxylic acids is 1. The van der Waals surface area contributed by atoms with E-state index in [9.17, 15) is 14.9 Å². The lowest BCUT2D eigenvalue weighted by Crippen LogP contribution is -1.96. The van der Waals surface area contributed by atoms with Crippen molar-refractivity contribution in [2.45, 2.75) is 13.0 Å². The maximum atomic E-state index is 10.6. The van der Waals surface area contributed by atoms with Crippen LogP contribution in [-0.4, -0.2) is 21.1 Å². The summed E-state index contributed by atoms with van der Waals surface area (Å²) in [7, 11) is 0. The molecular formula is C11H9NO5. The molecule has 1 rings (SSSR count). The average Bonchev–Trinajstić information content (AvgIpc) is 2.28. The number of hydrogen-bond donors (Lipinski definition) is 2. The number of nitro groups is 1. The average molecular weight is 235 g/mol. The zero-order chi connectivity index (χ0) is 12.8. The zero-order valence-corrected chi connectivity index (χ0v) is 8.71. The Labute approximate surface area is 96.7 Å². The molecule has 0 aliphatic heterocycles. The number of aliphatic hydroxyl groups is 1. The van der Waals surface area contributed by atoms with Crippen LogP contribution in [0, 0.1) is 22.0 Å². The minimum absolute atomic E-state index is 0.150. The van der Waals surface area contributed by atoms with Crippen LogP contribution in [0.3, 0.4) is 0 Å². The van der Waals surface area contributed by atoms with Crippen LogP contribution < -0.4 is 0 Å². The summed E-state index contributed by atoms with van der Waals surface area (Å²) in [6.45, 7) is -0.467. The Hall–Kier alpha value is -2.39. The number of rotatable bonds is 3. The van der Waals surface area contributed by atoms with Crippen molar-refractivity contribution in [1.82, 2.24) is 0 Å². The van der Waals surface area contributed by atoms with Gasteiger partial charge in [0, 0.05) is 11.6 Å². The molecule has 0 aliphatic rings. The van der Waals surface area contributed by atoms with Crippen molar-refractivity contribution in [3.63, 3.8) is 0 Å². The first-order chi connectivity index (χ1) is 8.04. The third-order valence-electron chi connectivity index (χ3n) is 1.92. The molecule has 2 N–H and O–H groups in total. The molecule has 17 heavy (non-hydrogen) atoms. The van der Waals surface area contributed by atoms with Gasteiger partial charge in [0.1, 0.15) is 6.42 Å². The van der Waals surface area contributed by atoms with Crippen molar-refractivity contribution < 1.29 is 19.9 Å². The predicted molar refractivity (Wildman–Crippen MR) is 58.2 cm³/mol. The summed E-state index contributed by atoms with van der Waals surface area (Å²) >= 11 is 0. The molecule has 0 aromatic heterocycles. The van der Waals surface area contributed by atoms with Crippen molar-refractivity contribution in [3.8, 4) is 11.8 Å². The van der Waals surface area contributed by atoms with Gasteiger partial charge in [0.15, 0.2) is 0 Å². The number of nitro benzene ring substituents is 1. The van der Waals surface area contributed by atoms with Crippen molar-refractivity contribution in [2.24, 2.45) is 0 Å². The summed E-state index contributed by atoms with van der Waals surface area (Å²) in [6.07, 6.45) is -0.300. The second-order valence-electron chi connectivity index (χ2n) is 3.13. The maximum Gasteiger partial charge on any atom is 0.315 e. The minimum Gasteiger partial charge on any atom is -0.481 e. The van der Waals surface area contributed by atoms with Crippen LogP contribution in [-0.2, 0) is 11.4 Å². The van der Waals surface area contributed by atoms with Gasteiger partial charge in [-0.05, 0) is 12.1 Å². The van der Waals surface area contributed by atoms with Gasteiger partial charge in [-0.25, -0.2) is 0 Å². The number of carbonyl (C=O) groups is 1. The topological polar surface area (TPSA) is 101 Å². The van der Waals surface area contributed by atoms with Crippen molar-refractivity contribution >= 4 is 11.7 Å². The number of hydrogen-bond acceptors (Lipinski definition) is 4. The van der Waals surface area contributed by atoms with Crippen LogP contribution in [0.1, 0.15) is 17.5 Å². The molecule has 0 spiro atoms. The summed E-state index contributed by atoms with van der Waals surface area (Å²) in [5.74, 6) is 3.91. The minimum atomic E-state index is -1.04. The third kappa shape index (κ3) is 3.59. The molecule has 0 amide bonds. The molecule has 88 valence electrons. The lowest BCUT2D eigenvalue weighted by molar-refractivity contribution is -0.385. The van der Waals surface area contributed by atoms with E-state index in [2.05, 4.69) is 11.8 Å². The molecule has 1 aromatic carbocycles. The van der Waals surface area contributed by atoms with Crippen molar-refractivity contribution in [3.05, 3.63) is 39.4 Å². The Balaban J connectivity index is 3.00. The van der Waals surface area contributed by atoms with Crippen LogP contribution in [0.2, 0.25) is 0 Å². The van der Waals surface area contributed by atoms with Gasteiger partial charge in [0.2, 0.25) is 0 Å². The quantitative estimate of drug-likeness (QED) is 0.460. The highest BCUT2D eigenvalue weighted by molar-refractivity contribution is 5.70. The Bertz CT molecular complexity index is 512. The Kier molecular flexibility index (Phi) is 4.20. The number of carboxylic acid groups (broad SMARTS) is 1. The van der Waals surface area contributed by atoms with Crippen LogP contribution in [0.15, 0.2) is 18.2 Å². The third-order valence-corrected chi connectivity index (χ3v) is 1.92. The zero-order valence-electron chi connectivity index (χ0n) is 8.71. The molecule has 6 heteroatoms. The standard InChI is InChI=1S/C11H9NO5/c13-7-9-6-8(2-1-3-11(14)15)4-5-10(9)12(16)17/h4-6,13H,3,7H2,(H,14,15). The van der Waals surface area contributed by atoms with E-state index in [1.807, 2.05) is 0 Å². The molecule has 0 fully saturated rings. The smallest absolute Gasteiger partial charge is 0.315 e. The van der Waals surface area contributed by atoms with Gasteiger partial charge in [0.25, 0.3) is 5.69 Å². The summed E-state index contributed by atoms with van der Waals surface area (Å²) < 4.78 is 0. The lowest BCUT2D eigenvalue weighted by atomic mass is 10.1. The predicted octanol–water partition coefficient (Wildman–Crippen LogP) is 0.913. The van der Waals surface area contributed by atoms with Gasteiger partial charge in [-0.3, -0.25) is 14.9 Å². The molecule has 0 heterocycles. The largest absolute Gasteiger partial charge is 0.481 e. The van der Waals surface area contributed by atoms with Crippen molar-refractivity contribution in [1.29, 1.82) is 0 Å². The molecule has 0 bridgehead atoms. The summed E-state index contributed by atoms with van der Waals surface area (Å²) in [5, 5.41) is 27.9. The normalized spacial score (nSPS) is 9.24. The molecule has 0 saturated heterocycles. The first-order valence-electron chi connectivity index (χ1n) is 4.63. The fourth-order valence-corrected chi connectivity index (χ4v) is 1.19. The SMILES string of the molecule is O=C(O)CC#Cc1ccc([N+](=O)[O-])c(CO)c1. The number of nitrogens with zero attached hydrogens (tertiary/aromatic N) is 1. The van der Waals surface area contributed by atoms with Gasteiger partial charge in [-0.2, -0.15) is 0 Å². The molecular weight excluding hydrogens is 226 g/mol. The second kappa shape index (κ2) is 5.63. The first-order valence-corrected chi connectivity index (χ1v) is 4.63. The van der Waals surface area contributed by atoms with E-state index in [4.69, 9.17) is 10.2 Å². The summed E-state index contributed by atoms with van der Waals surface area (Å²) in [6, 6.07) is 4.01. The van der Waals surface area contributed by atoms with Gasteiger partial charge in [-0.1, -0.05) is 11.8 Å². The van der Waals surface area contributed by atoms with Gasteiger partial charge in [-0.15, -0.1) is 0 Å². The fourth-order valence-electron chi connectivity index (χ4n) is 1.19. The summed E-state index contributed by atoms with van der Waals surface area (Å²) in [5.41, 5.74) is 0.398. The molecule has 0 unspecified atom stereocenters. The van der Waals surface area contributed by atoms with Crippen LogP contribution in [0.5, 0.6) is 0 Å². The number of aliphatic hydroxyl groups excluding tert-OH is 1. The highest BCUT2D eigenvalue weighted by atomic mass is 16.6. The molecule has 0 radical (unpaired) electrons. The van der Waals surface area contributed by atoms with E-state index in [1.54, 1.807) is 0 Å². The number of carboxylic acids is 1. The highest BCUT2D eigenvalue weighted by Gasteiger charge is 2.12. The molecule has 0 saturated carbocycles. The molecule has 1 aromatic rings. The molecule has 0 atom stereocenters. The number of benzene rings is 1. The van der Waals surface area contributed by atoms with E-state index in [-0.39, 0.29) is 17.7 Å². The lowest BCUT2D eigenvalue weighted by Gasteiger charge is -1.99. The first kappa shape index (κ1) is 12.7. The van der Waals surface area contributed by atoms with Gasteiger partial charge in [0.05, 0.1) is 17.1 Å². The Morgan fingerprint density at radius 2 is 2.18 bits per heavy atom. The Morgan fingerprint density at radius 3 is 2.71 bits per heavy atom. The van der Waals surface area contributed by atoms with Crippen molar-refractivity contribution in [2.75, 3.05) is 0 Å². The van der Waals surface area contributed by atoms with E-state index >= 15 is 0 Å². The van der Waals surface area contributed by atoms with Gasteiger partial charge < -0.3 is 10.2 Å². The van der Waals surface area contributed by atoms with E-state index in [0.717, 1.165) is 0 Å². The van der Waals surface area contributed by atoms with Crippen LogP contribution in [0.25, 0.3) is 0 Å². The van der Waals surface area contributed by atoms with E-state index in [0.29, 0.717) is 5.56 Å². The van der Waals surface area contributed by atoms with E-state index < -0.39 is 17.5 Å². The van der Waals surface area contributed by atoms with Gasteiger partial charge >= 0.3 is 5.97 Å². The Morgan fingerprint density at radius 1 is 1.47 bits per heavy atom. The maximum absolute atomic E-state index is 10.6.